The number of hydrogen-bond donors (Lipinski definition) is 1. The molecule has 0 aliphatic heterocycles. The van der Waals surface area contributed by atoms with Gasteiger partial charge in [0.2, 0.25) is 0 Å². The van der Waals surface area contributed by atoms with Crippen LogP contribution in [0.25, 0.3) is 0 Å². The van der Waals surface area contributed by atoms with Crippen LogP contribution in [0.15, 0.2) is 24.3 Å². The topological polar surface area (TPSA) is 38.3 Å². The summed E-state index contributed by atoms with van der Waals surface area (Å²) in [6.45, 7) is 7.39. The van der Waals surface area contributed by atoms with E-state index in [2.05, 4.69) is 11.2 Å². The molecule has 0 saturated carbocycles. The number of amides is 1. The molecule has 0 aliphatic carbocycles. The van der Waals surface area contributed by atoms with E-state index in [1.165, 1.54) is 0 Å². The van der Waals surface area contributed by atoms with E-state index < -0.39 is 11.7 Å². The third-order valence-corrected chi connectivity index (χ3v) is 2.31. The highest BCUT2D eigenvalue weighted by atomic mass is 16.6. The number of carbonyl (C=O) groups is 1. The van der Waals surface area contributed by atoms with E-state index in [1.807, 2.05) is 52.0 Å². The second-order valence-electron chi connectivity index (χ2n) is 5.13. The fourth-order valence-corrected chi connectivity index (χ4v) is 1.44. The van der Waals surface area contributed by atoms with Crippen molar-refractivity contribution >= 4 is 6.09 Å². The van der Waals surface area contributed by atoms with Crippen molar-refractivity contribution in [2.45, 2.75) is 39.3 Å². The van der Waals surface area contributed by atoms with Crippen molar-refractivity contribution < 1.29 is 9.53 Å². The number of benzene rings is 1. The molecule has 96 valence electrons. The van der Waals surface area contributed by atoms with Crippen LogP contribution in [0.4, 0.5) is 4.79 Å². The molecule has 0 bridgehead atoms. The first-order valence-electron chi connectivity index (χ1n) is 5.88. The van der Waals surface area contributed by atoms with Crippen molar-refractivity contribution in [1.29, 1.82) is 0 Å². The Morgan fingerprint density at radius 1 is 1.33 bits per heavy atom. The molecule has 0 fully saturated rings. The molecule has 0 heterocycles. The van der Waals surface area contributed by atoms with Crippen molar-refractivity contribution in [3.63, 3.8) is 0 Å². The number of terminal acetylenes is 1. The standard InChI is InChI=1S/C15H19NO2/c1-6-12-7-9-13(10-8-12)11(2)16-14(17)18-15(3,4)5/h1,7-11H,2-5H3,(H,16,17)/t11-/m1/s1. The molecule has 1 N–H and O–H groups in total. The van der Waals surface area contributed by atoms with E-state index in [0.717, 1.165) is 11.1 Å². The SMILES string of the molecule is C#Cc1ccc([C@@H](C)NC(=O)OC(C)(C)C)cc1. The zero-order valence-electron chi connectivity index (χ0n) is 11.3. The van der Waals surface area contributed by atoms with Crippen molar-refractivity contribution in [1.82, 2.24) is 5.32 Å². The van der Waals surface area contributed by atoms with Gasteiger partial charge in [0.1, 0.15) is 5.60 Å². The van der Waals surface area contributed by atoms with Crippen molar-refractivity contribution in [3.8, 4) is 12.3 Å². The van der Waals surface area contributed by atoms with Crippen molar-refractivity contribution in [2.24, 2.45) is 0 Å². The van der Waals surface area contributed by atoms with Gasteiger partial charge in [-0.25, -0.2) is 4.79 Å². The monoisotopic (exact) mass is 245 g/mol. The Balaban J connectivity index is 2.62. The number of ether oxygens (including phenoxy) is 1. The van der Waals surface area contributed by atoms with E-state index in [-0.39, 0.29) is 6.04 Å². The van der Waals surface area contributed by atoms with Crippen molar-refractivity contribution in [2.75, 3.05) is 0 Å². The Bertz CT molecular complexity index is 449. The first-order chi connectivity index (χ1) is 8.31. The summed E-state index contributed by atoms with van der Waals surface area (Å²) < 4.78 is 5.19. The molecule has 3 nitrogen and oxygen atoms in total. The maximum Gasteiger partial charge on any atom is 0.408 e. The smallest absolute Gasteiger partial charge is 0.408 e. The number of hydrogen-bond acceptors (Lipinski definition) is 2. The van der Waals surface area contributed by atoms with Crippen LogP contribution in [-0.2, 0) is 4.74 Å². The highest BCUT2D eigenvalue weighted by Crippen LogP contribution is 2.14. The van der Waals surface area contributed by atoms with Crippen LogP contribution in [0.1, 0.15) is 44.9 Å². The van der Waals surface area contributed by atoms with Gasteiger partial charge >= 0.3 is 6.09 Å². The predicted octanol–water partition coefficient (Wildman–Crippen LogP) is 3.25. The minimum Gasteiger partial charge on any atom is -0.444 e. The molecule has 1 aromatic carbocycles. The first kappa shape index (κ1) is 14.1. The Morgan fingerprint density at radius 2 is 1.89 bits per heavy atom. The van der Waals surface area contributed by atoms with Gasteiger partial charge in [0.15, 0.2) is 0 Å². The maximum absolute atomic E-state index is 11.6. The van der Waals surface area contributed by atoms with Gasteiger partial charge in [-0.3, -0.25) is 0 Å². The normalized spacial score (nSPS) is 12.4. The Morgan fingerprint density at radius 3 is 2.33 bits per heavy atom. The molecular formula is C15H19NO2. The van der Waals surface area contributed by atoms with Crippen LogP contribution in [0.2, 0.25) is 0 Å². The highest BCUT2D eigenvalue weighted by Gasteiger charge is 2.18. The molecule has 1 aromatic rings. The summed E-state index contributed by atoms with van der Waals surface area (Å²) in [7, 11) is 0. The molecule has 0 radical (unpaired) electrons. The average Bonchev–Trinajstić information content (AvgIpc) is 2.26. The minimum absolute atomic E-state index is 0.119. The predicted molar refractivity (Wildman–Crippen MR) is 72.2 cm³/mol. The third kappa shape index (κ3) is 4.50. The number of rotatable bonds is 2. The Hall–Kier alpha value is -1.95. The third-order valence-electron chi connectivity index (χ3n) is 2.31. The summed E-state index contributed by atoms with van der Waals surface area (Å²) in [6, 6.07) is 7.38. The second-order valence-corrected chi connectivity index (χ2v) is 5.13. The summed E-state index contributed by atoms with van der Waals surface area (Å²) in [6.07, 6.45) is 4.87. The summed E-state index contributed by atoms with van der Waals surface area (Å²) in [5.41, 5.74) is 1.32. The van der Waals surface area contributed by atoms with Crippen LogP contribution >= 0.6 is 0 Å². The van der Waals surface area contributed by atoms with E-state index in [1.54, 1.807) is 0 Å². The van der Waals surface area contributed by atoms with E-state index in [9.17, 15) is 4.79 Å². The molecule has 0 spiro atoms. The van der Waals surface area contributed by atoms with Crippen molar-refractivity contribution in [3.05, 3.63) is 35.4 Å². The van der Waals surface area contributed by atoms with Gasteiger partial charge in [0.05, 0.1) is 6.04 Å². The zero-order chi connectivity index (χ0) is 13.8. The maximum atomic E-state index is 11.6. The first-order valence-corrected chi connectivity index (χ1v) is 5.88. The molecule has 18 heavy (non-hydrogen) atoms. The summed E-state index contributed by atoms with van der Waals surface area (Å²) in [4.78, 5) is 11.6. The minimum atomic E-state index is -0.489. The van der Waals surface area contributed by atoms with E-state index in [4.69, 9.17) is 11.2 Å². The molecular weight excluding hydrogens is 226 g/mol. The largest absolute Gasteiger partial charge is 0.444 e. The van der Waals surface area contributed by atoms with Gasteiger partial charge in [-0.2, -0.15) is 0 Å². The fourth-order valence-electron chi connectivity index (χ4n) is 1.44. The lowest BCUT2D eigenvalue weighted by molar-refractivity contribution is 0.0508. The van der Waals surface area contributed by atoms with Crippen LogP contribution in [-0.4, -0.2) is 11.7 Å². The quantitative estimate of drug-likeness (QED) is 0.812. The lowest BCUT2D eigenvalue weighted by Gasteiger charge is -2.22. The number of alkyl carbamates (subject to hydrolysis) is 1. The second kappa shape index (κ2) is 5.59. The van der Waals surface area contributed by atoms with Gasteiger partial charge in [0.25, 0.3) is 0 Å². The fraction of sp³-hybridized carbons (Fsp3) is 0.400. The molecule has 3 heteroatoms. The van der Waals surface area contributed by atoms with Gasteiger partial charge < -0.3 is 10.1 Å². The molecule has 0 aromatic heterocycles. The van der Waals surface area contributed by atoms with E-state index in [0.29, 0.717) is 0 Å². The zero-order valence-corrected chi connectivity index (χ0v) is 11.3. The van der Waals surface area contributed by atoms with Crippen LogP contribution < -0.4 is 5.32 Å². The lowest BCUT2D eigenvalue weighted by atomic mass is 10.1. The molecule has 1 atom stereocenters. The van der Waals surface area contributed by atoms with Crippen LogP contribution in [0.3, 0.4) is 0 Å². The molecule has 1 amide bonds. The van der Waals surface area contributed by atoms with Crippen LogP contribution in [0, 0.1) is 12.3 Å². The Labute approximate surface area is 109 Å². The average molecular weight is 245 g/mol. The Kier molecular flexibility index (Phi) is 4.38. The molecule has 1 rings (SSSR count). The molecule has 0 unspecified atom stereocenters. The summed E-state index contributed by atoms with van der Waals surface area (Å²) >= 11 is 0. The molecule has 0 aliphatic rings. The lowest BCUT2D eigenvalue weighted by Crippen LogP contribution is -2.34. The number of nitrogens with one attached hydrogen (secondary N) is 1. The molecule has 0 saturated heterocycles. The van der Waals surface area contributed by atoms with Gasteiger partial charge in [0, 0.05) is 5.56 Å². The van der Waals surface area contributed by atoms with Gasteiger partial charge in [-0.15, -0.1) is 6.42 Å². The van der Waals surface area contributed by atoms with Gasteiger partial charge in [-0.05, 0) is 45.4 Å². The summed E-state index contributed by atoms with van der Waals surface area (Å²) in [5, 5.41) is 2.78. The van der Waals surface area contributed by atoms with Crippen LogP contribution in [0.5, 0.6) is 0 Å². The summed E-state index contributed by atoms with van der Waals surface area (Å²) in [5.74, 6) is 2.55. The highest BCUT2D eigenvalue weighted by molar-refractivity contribution is 5.68. The van der Waals surface area contributed by atoms with E-state index >= 15 is 0 Å². The number of carbonyl (C=O) groups excluding carboxylic acids is 1. The van der Waals surface area contributed by atoms with Gasteiger partial charge in [-0.1, -0.05) is 18.1 Å².